The first kappa shape index (κ1) is 16.1. The second-order valence-corrected chi connectivity index (χ2v) is 8.38. The third-order valence-corrected chi connectivity index (χ3v) is 6.90. The summed E-state index contributed by atoms with van der Waals surface area (Å²) in [5, 5.41) is 11.0. The fourth-order valence-electron chi connectivity index (χ4n) is 1.54. The van der Waals surface area contributed by atoms with Crippen LogP contribution in [0.1, 0.15) is 10.4 Å². The number of sulfonamides is 1. The van der Waals surface area contributed by atoms with E-state index in [0.29, 0.717) is 10.0 Å². The van der Waals surface area contributed by atoms with Gasteiger partial charge in [-0.25, -0.2) is 13.1 Å². The van der Waals surface area contributed by atoms with Crippen LogP contribution in [0, 0.1) is 0 Å². The fraction of sp³-hybridized carbons (Fsp3) is 0.167. The summed E-state index contributed by atoms with van der Waals surface area (Å²) in [6.07, 6.45) is 0. The molecule has 2 aromatic rings. The molecule has 1 aromatic carbocycles. The van der Waals surface area contributed by atoms with Crippen molar-refractivity contribution in [2.24, 2.45) is 0 Å². The molecule has 0 spiro atoms. The second-order valence-electron chi connectivity index (χ2n) is 3.94. The standard InChI is InChI=1S/C12H11Br2NO3S2/c13-9-3-4-19-11(9)6-15-20(17,18)12-5-8(7-16)1-2-10(12)14/h1-5,15-16H,6-7H2. The molecule has 0 aliphatic rings. The van der Waals surface area contributed by atoms with Crippen LogP contribution in [0.5, 0.6) is 0 Å². The van der Waals surface area contributed by atoms with Crippen molar-refractivity contribution in [3.63, 3.8) is 0 Å². The van der Waals surface area contributed by atoms with E-state index in [-0.39, 0.29) is 18.0 Å². The largest absolute Gasteiger partial charge is 0.392 e. The second kappa shape index (κ2) is 6.67. The molecule has 1 aromatic heterocycles. The Morgan fingerprint density at radius 3 is 2.55 bits per heavy atom. The minimum atomic E-state index is -3.64. The molecule has 108 valence electrons. The van der Waals surface area contributed by atoms with Crippen LogP contribution >= 0.6 is 43.2 Å². The van der Waals surface area contributed by atoms with Gasteiger partial charge < -0.3 is 5.11 Å². The maximum Gasteiger partial charge on any atom is 0.242 e. The molecule has 0 radical (unpaired) electrons. The third kappa shape index (κ3) is 3.69. The van der Waals surface area contributed by atoms with Crippen molar-refractivity contribution in [1.29, 1.82) is 0 Å². The van der Waals surface area contributed by atoms with Crippen LogP contribution in [-0.4, -0.2) is 13.5 Å². The van der Waals surface area contributed by atoms with Gasteiger partial charge in [0.15, 0.2) is 0 Å². The molecular weight excluding hydrogens is 430 g/mol. The molecule has 2 N–H and O–H groups in total. The molecule has 8 heteroatoms. The predicted octanol–water partition coefficient (Wildman–Crippen LogP) is 3.24. The molecule has 0 aliphatic carbocycles. The van der Waals surface area contributed by atoms with E-state index in [0.717, 1.165) is 9.35 Å². The van der Waals surface area contributed by atoms with Crippen molar-refractivity contribution in [3.8, 4) is 0 Å². The van der Waals surface area contributed by atoms with Gasteiger partial charge in [0.05, 0.1) is 11.5 Å². The number of hydrogen-bond donors (Lipinski definition) is 2. The van der Waals surface area contributed by atoms with Crippen molar-refractivity contribution in [2.75, 3.05) is 0 Å². The van der Waals surface area contributed by atoms with Gasteiger partial charge in [0, 0.05) is 20.4 Å². The Labute approximate surface area is 138 Å². The van der Waals surface area contributed by atoms with E-state index in [4.69, 9.17) is 5.11 Å². The van der Waals surface area contributed by atoms with E-state index < -0.39 is 10.0 Å². The number of nitrogens with one attached hydrogen (secondary N) is 1. The Hall–Kier alpha value is -0.250. The molecular formula is C12H11Br2NO3S2. The van der Waals surface area contributed by atoms with Gasteiger partial charge in [-0.3, -0.25) is 0 Å². The summed E-state index contributed by atoms with van der Waals surface area (Å²) in [5.41, 5.74) is 0.547. The quantitative estimate of drug-likeness (QED) is 0.749. The SMILES string of the molecule is O=S(=O)(NCc1sccc1Br)c1cc(CO)ccc1Br. The van der Waals surface area contributed by atoms with Gasteiger partial charge in [-0.15, -0.1) is 11.3 Å². The van der Waals surface area contributed by atoms with Gasteiger partial charge >= 0.3 is 0 Å². The van der Waals surface area contributed by atoms with E-state index in [2.05, 4.69) is 36.6 Å². The highest BCUT2D eigenvalue weighted by Crippen LogP contribution is 2.25. The zero-order valence-electron chi connectivity index (χ0n) is 10.1. The average molecular weight is 441 g/mol. The van der Waals surface area contributed by atoms with Gasteiger partial charge in [0.25, 0.3) is 0 Å². The molecule has 0 bridgehead atoms. The summed E-state index contributed by atoms with van der Waals surface area (Å²) in [4.78, 5) is 1.03. The van der Waals surface area contributed by atoms with E-state index in [9.17, 15) is 8.42 Å². The first-order chi connectivity index (χ1) is 9.44. The van der Waals surface area contributed by atoms with Crippen LogP contribution in [0.4, 0.5) is 0 Å². The first-order valence-corrected chi connectivity index (χ1v) is 9.50. The fourth-order valence-corrected chi connectivity index (χ4v) is 5.07. The lowest BCUT2D eigenvalue weighted by molar-refractivity contribution is 0.281. The van der Waals surface area contributed by atoms with Crippen LogP contribution in [0.25, 0.3) is 0 Å². The van der Waals surface area contributed by atoms with Crippen LogP contribution in [0.15, 0.2) is 43.5 Å². The molecule has 0 saturated heterocycles. The lowest BCUT2D eigenvalue weighted by Crippen LogP contribution is -2.23. The van der Waals surface area contributed by atoms with Crippen LogP contribution in [0.3, 0.4) is 0 Å². The number of aliphatic hydroxyl groups is 1. The van der Waals surface area contributed by atoms with Crippen molar-refractivity contribution < 1.29 is 13.5 Å². The molecule has 0 atom stereocenters. The van der Waals surface area contributed by atoms with Crippen LogP contribution in [-0.2, 0) is 23.2 Å². The number of rotatable bonds is 5. The lowest BCUT2D eigenvalue weighted by Gasteiger charge is -2.09. The Balaban J connectivity index is 2.24. The molecule has 0 saturated carbocycles. The number of benzene rings is 1. The summed E-state index contributed by atoms with van der Waals surface area (Å²) < 4.78 is 28.5. The topological polar surface area (TPSA) is 66.4 Å². The zero-order valence-corrected chi connectivity index (χ0v) is 14.9. The minimum absolute atomic E-state index is 0.122. The predicted molar refractivity (Wildman–Crippen MR) is 86.1 cm³/mol. The maximum atomic E-state index is 12.3. The van der Waals surface area contributed by atoms with Gasteiger partial charge in [-0.05, 0) is 61.0 Å². The normalized spacial score (nSPS) is 11.8. The molecule has 0 amide bonds. The van der Waals surface area contributed by atoms with E-state index >= 15 is 0 Å². The molecule has 0 fully saturated rings. The molecule has 20 heavy (non-hydrogen) atoms. The highest BCUT2D eigenvalue weighted by Gasteiger charge is 2.18. The Bertz CT molecular complexity index is 713. The molecule has 0 aliphatic heterocycles. The lowest BCUT2D eigenvalue weighted by atomic mass is 10.2. The summed E-state index contributed by atoms with van der Waals surface area (Å²) in [7, 11) is -3.64. The summed E-state index contributed by atoms with van der Waals surface area (Å²) in [5.74, 6) is 0. The van der Waals surface area contributed by atoms with E-state index in [1.54, 1.807) is 12.1 Å². The molecule has 4 nitrogen and oxygen atoms in total. The van der Waals surface area contributed by atoms with Crippen LogP contribution < -0.4 is 4.72 Å². The molecule has 1 heterocycles. The Morgan fingerprint density at radius 1 is 1.20 bits per heavy atom. The highest BCUT2D eigenvalue weighted by atomic mass is 79.9. The molecule has 0 unspecified atom stereocenters. The van der Waals surface area contributed by atoms with Gasteiger partial charge in [-0.1, -0.05) is 6.07 Å². The Morgan fingerprint density at radius 2 is 1.95 bits per heavy atom. The van der Waals surface area contributed by atoms with Gasteiger partial charge in [-0.2, -0.15) is 0 Å². The van der Waals surface area contributed by atoms with Gasteiger partial charge in [0.2, 0.25) is 10.0 Å². The first-order valence-electron chi connectivity index (χ1n) is 5.55. The molecule has 2 rings (SSSR count). The maximum absolute atomic E-state index is 12.3. The van der Waals surface area contributed by atoms with Crippen molar-refractivity contribution >= 4 is 53.2 Å². The number of hydrogen-bond acceptors (Lipinski definition) is 4. The monoisotopic (exact) mass is 439 g/mol. The summed E-state index contributed by atoms with van der Waals surface area (Å²) >= 11 is 8.05. The minimum Gasteiger partial charge on any atom is -0.392 e. The Kier molecular flexibility index (Phi) is 5.38. The summed E-state index contributed by atoms with van der Waals surface area (Å²) in [6.45, 7) is 0.0165. The van der Waals surface area contributed by atoms with Crippen LogP contribution in [0.2, 0.25) is 0 Å². The number of halogens is 2. The third-order valence-electron chi connectivity index (χ3n) is 2.58. The van der Waals surface area contributed by atoms with E-state index in [1.807, 2.05) is 11.4 Å². The van der Waals surface area contributed by atoms with E-state index in [1.165, 1.54) is 17.4 Å². The van der Waals surface area contributed by atoms with Gasteiger partial charge in [0.1, 0.15) is 0 Å². The average Bonchev–Trinajstić information content (AvgIpc) is 2.82. The van der Waals surface area contributed by atoms with Crippen molar-refractivity contribution in [1.82, 2.24) is 4.72 Å². The number of thiophene rings is 1. The van der Waals surface area contributed by atoms with Crippen molar-refractivity contribution in [2.45, 2.75) is 18.0 Å². The van der Waals surface area contributed by atoms with Crippen molar-refractivity contribution in [3.05, 3.63) is 49.0 Å². The smallest absolute Gasteiger partial charge is 0.242 e. The zero-order chi connectivity index (χ0) is 14.8. The summed E-state index contributed by atoms with van der Waals surface area (Å²) in [6, 6.07) is 6.60. The highest BCUT2D eigenvalue weighted by molar-refractivity contribution is 9.10. The number of aliphatic hydroxyl groups excluding tert-OH is 1.